The van der Waals surface area contributed by atoms with Crippen LogP contribution in [0.25, 0.3) is 0 Å². The molecule has 134 valence electrons. The zero-order valence-corrected chi connectivity index (χ0v) is 14.9. The third-order valence-corrected chi connectivity index (χ3v) is 3.41. The number of amides is 1. The summed E-state index contributed by atoms with van der Waals surface area (Å²) in [4.78, 5) is 11.8. The van der Waals surface area contributed by atoms with Crippen molar-refractivity contribution in [1.29, 1.82) is 0 Å². The normalized spacial score (nSPS) is 11.1. The fourth-order valence-electron chi connectivity index (χ4n) is 2.03. The number of ether oxygens (including phenoxy) is 1. The van der Waals surface area contributed by atoms with Gasteiger partial charge < -0.3 is 10.1 Å². The first-order valence-corrected chi connectivity index (χ1v) is 8.00. The summed E-state index contributed by atoms with van der Waals surface area (Å²) in [5, 5.41) is 5.35. The number of halogens is 3. The molecule has 0 saturated carbocycles. The molecule has 0 unspecified atom stereocenters. The molecule has 0 heterocycles. The second-order valence-electron chi connectivity index (χ2n) is 6.39. The molecular formula is C18H19ClF2N2O2. The highest BCUT2D eigenvalue weighted by Crippen LogP contribution is 2.23. The topological polar surface area (TPSA) is 50.4 Å². The van der Waals surface area contributed by atoms with Gasteiger partial charge in [-0.15, -0.1) is 0 Å². The molecule has 0 aromatic heterocycles. The lowest BCUT2D eigenvalue weighted by atomic mass is 10.2. The molecule has 4 nitrogen and oxygen atoms in total. The summed E-state index contributed by atoms with van der Waals surface area (Å²) in [6, 6.07) is 8.78. The highest BCUT2D eigenvalue weighted by atomic mass is 35.5. The SMILES string of the molecule is CC(C)(C)OC(=O)Nc1cc(NCc2cccc(Cl)c2F)ccc1F. The molecule has 25 heavy (non-hydrogen) atoms. The van der Waals surface area contributed by atoms with Gasteiger partial charge in [0.15, 0.2) is 0 Å². The molecule has 1 amide bonds. The van der Waals surface area contributed by atoms with Crippen LogP contribution in [0.4, 0.5) is 25.0 Å². The summed E-state index contributed by atoms with van der Waals surface area (Å²) in [6.07, 6.45) is -0.760. The van der Waals surface area contributed by atoms with Gasteiger partial charge in [-0.2, -0.15) is 0 Å². The van der Waals surface area contributed by atoms with Crippen molar-refractivity contribution in [3.8, 4) is 0 Å². The van der Waals surface area contributed by atoms with Crippen molar-refractivity contribution in [2.24, 2.45) is 0 Å². The highest BCUT2D eigenvalue weighted by molar-refractivity contribution is 6.30. The molecule has 2 aromatic rings. The fourth-order valence-corrected chi connectivity index (χ4v) is 2.22. The molecule has 2 N–H and O–H groups in total. The van der Waals surface area contributed by atoms with Crippen molar-refractivity contribution in [3.63, 3.8) is 0 Å². The highest BCUT2D eigenvalue weighted by Gasteiger charge is 2.17. The zero-order valence-electron chi connectivity index (χ0n) is 14.1. The van der Waals surface area contributed by atoms with Crippen LogP contribution in [-0.4, -0.2) is 11.7 Å². The van der Waals surface area contributed by atoms with E-state index in [0.29, 0.717) is 11.3 Å². The number of hydrogen-bond acceptors (Lipinski definition) is 3. The van der Waals surface area contributed by atoms with Crippen LogP contribution >= 0.6 is 11.6 Å². The largest absolute Gasteiger partial charge is 0.444 e. The molecule has 2 aromatic carbocycles. The molecule has 0 aliphatic heterocycles. The summed E-state index contributed by atoms with van der Waals surface area (Å²) >= 11 is 5.74. The molecule has 0 fully saturated rings. The maximum atomic E-state index is 13.9. The second kappa shape index (κ2) is 7.70. The average Bonchev–Trinajstić information content (AvgIpc) is 2.50. The van der Waals surface area contributed by atoms with Crippen molar-refractivity contribution in [2.75, 3.05) is 10.6 Å². The van der Waals surface area contributed by atoms with Gasteiger partial charge in [0, 0.05) is 17.8 Å². The summed E-state index contributed by atoms with van der Waals surface area (Å²) in [5.41, 5.74) is 0.150. The molecule has 0 aliphatic carbocycles. The third kappa shape index (κ3) is 5.60. The maximum absolute atomic E-state index is 13.9. The van der Waals surface area contributed by atoms with Gasteiger partial charge in [0.25, 0.3) is 0 Å². The van der Waals surface area contributed by atoms with E-state index in [2.05, 4.69) is 10.6 Å². The van der Waals surface area contributed by atoms with Crippen molar-refractivity contribution in [1.82, 2.24) is 0 Å². The molecular weight excluding hydrogens is 350 g/mol. The van der Waals surface area contributed by atoms with E-state index in [9.17, 15) is 13.6 Å². The van der Waals surface area contributed by atoms with Crippen LogP contribution in [0.1, 0.15) is 26.3 Å². The Kier molecular flexibility index (Phi) is 5.85. The van der Waals surface area contributed by atoms with Crippen LogP contribution in [0.2, 0.25) is 5.02 Å². The Bertz CT molecular complexity index is 776. The number of nitrogens with one attached hydrogen (secondary N) is 2. The van der Waals surface area contributed by atoms with Gasteiger partial charge in [-0.1, -0.05) is 23.7 Å². The van der Waals surface area contributed by atoms with Crippen molar-refractivity contribution >= 4 is 29.1 Å². The summed E-state index contributed by atoms with van der Waals surface area (Å²) in [5.74, 6) is -1.11. The first-order chi connectivity index (χ1) is 11.7. The van der Waals surface area contributed by atoms with Gasteiger partial charge in [-0.25, -0.2) is 13.6 Å². The average molecular weight is 369 g/mol. The van der Waals surface area contributed by atoms with E-state index >= 15 is 0 Å². The first-order valence-electron chi connectivity index (χ1n) is 7.62. The molecule has 2 rings (SSSR count). The Morgan fingerprint density at radius 3 is 2.60 bits per heavy atom. The van der Waals surface area contributed by atoms with E-state index in [4.69, 9.17) is 16.3 Å². The van der Waals surface area contributed by atoms with Gasteiger partial charge in [0.1, 0.15) is 17.2 Å². The summed E-state index contributed by atoms with van der Waals surface area (Å²) in [6.45, 7) is 5.28. The Hall–Kier alpha value is -2.34. The van der Waals surface area contributed by atoms with Crippen molar-refractivity contribution < 1.29 is 18.3 Å². The van der Waals surface area contributed by atoms with E-state index in [-0.39, 0.29) is 17.3 Å². The quantitative estimate of drug-likeness (QED) is 0.740. The van der Waals surface area contributed by atoms with Crippen LogP contribution < -0.4 is 10.6 Å². The molecule has 0 spiro atoms. The first kappa shape index (κ1) is 19.0. The van der Waals surface area contributed by atoms with E-state index in [0.717, 1.165) is 0 Å². The van der Waals surface area contributed by atoms with Crippen LogP contribution in [0.5, 0.6) is 0 Å². The minimum Gasteiger partial charge on any atom is -0.444 e. The molecule has 0 saturated heterocycles. The Balaban J connectivity index is 2.08. The van der Waals surface area contributed by atoms with Crippen LogP contribution in [0.3, 0.4) is 0 Å². The monoisotopic (exact) mass is 368 g/mol. The lowest BCUT2D eigenvalue weighted by Gasteiger charge is -2.20. The van der Waals surface area contributed by atoms with Crippen LogP contribution in [0, 0.1) is 11.6 Å². The number of carbonyl (C=O) groups is 1. The number of rotatable bonds is 4. The minimum absolute atomic E-state index is 0.0330. The number of anilines is 2. The van der Waals surface area contributed by atoms with Crippen LogP contribution in [-0.2, 0) is 11.3 Å². The van der Waals surface area contributed by atoms with E-state index < -0.39 is 23.3 Å². The second-order valence-corrected chi connectivity index (χ2v) is 6.80. The maximum Gasteiger partial charge on any atom is 0.412 e. The summed E-state index contributed by atoms with van der Waals surface area (Å²) < 4.78 is 32.8. The van der Waals surface area contributed by atoms with Gasteiger partial charge in [0.05, 0.1) is 10.7 Å². The lowest BCUT2D eigenvalue weighted by molar-refractivity contribution is 0.0635. The molecule has 0 atom stereocenters. The Morgan fingerprint density at radius 2 is 1.92 bits per heavy atom. The van der Waals surface area contributed by atoms with E-state index in [1.165, 1.54) is 24.3 Å². The zero-order chi connectivity index (χ0) is 18.6. The Morgan fingerprint density at radius 1 is 1.20 bits per heavy atom. The van der Waals surface area contributed by atoms with Crippen molar-refractivity contribution in [3.05, 3.63) is 58.6 Å². The molecule has 7 heteroatoms. The predicted octanol–water partition coefficient (Wildman–Crippen LogP) is 5.58. The van der Waals surface area contributed by atoms with Gasteiger partial charge >= 0.3 is 6.09 Å². The van der Waals surface area contributed by atoms with Gasteiger partial charge in [-0.3, -0.25) is 5.32 Å². The molecule has 0 radical (unpaired) electrons. The van der Waals surface area contributed by atoms with Gasteiger partial charge in [0.2, 0.25) is 0 Å². The van der Waals surface area contributed by atoms with E-state index in [1.807, 2.05) is 0 Å². The fraction of sp³-hybridized carbons (Fsp3) is 0.278. The Labute approximate surface area is 150 Å². The van der Waals surface area contributed by atoms with Crippen molar-refractivity contribution in [2.45, 2.75) is 32.9 Å². The van der Waals surface area contributed by atoms with E-state index in [1.54, 1.807) is 32.9 Å². The third-order valence-electron chi connectivity index (χ3n) is 3.12. The number of carbonyl (C=O) groups excluding carboxylic acids is 1. The summed E-state index contributed by atoms with van der Waals surface area (Å²) in [7, 11) is 0. The molecule has 0 bridgehead atoms. The van der Waals surface area contributed by atoms with Gasteiger partial charge in [-0.05, 0) is 45.0 Å². The standard InChI is InChI=1S/C18H19ClF2N2O2/c1-18(2,3)25-17(24)23-15-9-12(7-8-14(15)20)22-10-11-5-4-6-13(19)16(11)21/h4-9,22H,10H2,1-3H3,(H,23,24). The minimum atomic E-state index is -0.760. The number of benzene rings is 2. The predicted molar refractivity (Wildman–Crippen MR) is 95.0 cm³/mol. The lowest BCUT2D eigenvalue weighted by Crippen LogP contribution is -2.27. The van der Waals surface area contributed by atoms with Crippen LogP contribution in [0.15, 0.2) is 36.4 Å². The number of hydrogen-bond donors (Lipinski definition) is 2. The molecule has 0 aliphatic rings. The smallest absolute Gasteiger partial charge is 0.412 e.